The molecule has 2 heterocycles. The van der Waals surface area contributed by atoms with Crippen LogP contribution in [-0.2, 0) is 13.1 Å². The standard InChI is InChI=1S/C13H21N3/c1-3-7-16-9-6-14-13(16)11-15-8-4-5-12(2)10-15/h3,6,9,12H,1,4-5,7-8,10-11H2,2H3. The van der Waals surface area contributed by atoms with Gasteiger partial charge in [0.2, 0.25) is 0 Å². The van der Waals surface area contributed by atoms with Gasteiger partial charge in [-0.1, -0.05) is 13.0 Å². The SMILES string of the molecule is C=CCn1ccnc1CN1CCCC(C)C1. The summed E-state index contributed by atoms with van der Waals surface area (Å²) < 4.78 is 2.17. The van der Waals surface area contributed by atoms with Gasteiger partial charge in [-0.05, 0) is 25.3 Å². The Morgan fingerprint density at radius 3 is 3.25 bits per heavy atom. The number of allylic oxidation sites excluding steroid dienone is 1. The normalized spacial score (nSPS) is 22.2. The van der Waals surface area contributed by atoms with Crippen LogP contribution in [0.3, 0.4) is 0 Å². The van der Waals surface area contributed by atoms with E-state index in [1.165, 1.54) is 25.9 Å². The molecule has 1 aromatic rings. The first-order valence-electron chi connectivity index (χ1n) is 6.13. The summed E-state index contributed by atoms with van der Waals surface area (Å²) in [5, 5.41) is 0. The Morgan fingerprint density at radius 2 is 2.50 bits per heavy atom. The highest BCUT2D eigenvalue weighted by molar-refractivity contribution is 4.95. The van der Waals surface area contributed by atoms with Crippen LogP contribution in [0.1, 0.15) is 25.6 Å². The minimum atomic E-state index is 0.830. The number of hydrogen-bond donors (Lipinski definition) is 0. The van der Waals surface area contributed by atoms with Gasteiger partial charge in [-0.2, -0.15) is 0 Å². The van der Waals surface area contributed by atoms with Crippen molar-refractivity contribution in [1.29, 1.82) is 0 Å². The van der Waals surface area contributed by atoms with Crippen LogP contribution in [0.25, 0.3) is 0 Å². The fourth-order valence-electron chi connectivity index (χ4n) is 2.43. The molecule has 0 saturated carbocycles. The maximum atomic E-state index is 4.43. The smallest absolute Gasteiger partial charge is 0.123 e. The molecule has 88 valence electrons. The van der Waals surface area contributed by atoms with Crippen molar-refractivity contribution in [3.05, 3.63) is 30.9 Å². The van der Waals surface area contributed by atoms with Gasteiger partial charge in [0, 0.05) is 25.5 Å². The maximum absolute atomic E-state index is 4.43. The highest BCUT2D eigenvalue weighted by atomic mass is 15.2. The summed E-state index contributed by atoms with van der Waals surface area (Å²) in [5.74, 6) is 1.99. The fraction of sp³-hybridized carbons (Fsp3) is 0.615. The van der Waals surface area contributed by atoms with E-state index in [9.17, 15) is 0 Å². The third-order valence-electron chi connectivity index (χ3n) is 3.23. The predicted octanol–water partition coefficient (Wildman–Crippen LogP) is 2.30. The van der Waals surface area contributed by atoms with E-state index in [-0.39, 0.29) is 0 Å². The van der Waals surface area contributed by atoms with Gasteiger partial charge in [0.15, 0.2) is 0 Å². The van der Waals surface area contributed by atoms with Gasteiger partial charge >= 0.3 is 0 Å². The van der Waals surface area contributed by atoms with Crippen LogP contribution in [0.4, 0.5) is 0 Å². The summed E-state index contributed by atoms with van der Waals surface area (Å²) in [6, 6.07) is 0. The molecule has 3 heteroatoms. The van der Waals surface area contributed by atoms with Crippen LogP contribution in [0.5, 0.6) is 0 Å². The lowest BCUT2D eigenvalue weighted by Gasteiger charge is -2.30. The molecule has 3 nitrogen and oxygen atoms in total. The predicted molar refractivity (Wildman–Crippen MR) is 66.1 cm³/mol. The van der Waals surface area contributed by atoms with Crippen LogP contribution in [0.15, 0.2) is 25.0 Å². The first-order valence-corrected chi connectivity index (χ1v) is 6.13. The van der Waals surface area contributed by atoms with Gasteiger partial charge in [-0.25, -0.2) is 4.98 Å². The van der Waals surface area contributed by atoms with Crippen molar-refractivity contribution in [2.75, 3.05) is 13.1 Å². The third-order valence-corrected chi connectivity index (χ3v) is 3.23. The summed E-state index contributed by atoms with van der Waals surface area (Å²) in [4.78, 5) is 6.94. The minimum Gasteiger partial charge on any atom is -0.330 e. The van der Waals surface area contributed by atoms with E-state index in [4.69, 9.17) is 0 Å². The first-order chi connectivity index (χ1) is 7.79. The van der Waals surface area contributed by atoms with Crippen molar-refractivity contribution < 1.29 is 0 Å². The molecule has 0 amide bonds. The van der Waals surface area contributed by atoms with E-state index in [2.05, 4.69) is 28.0 Å². The van der Waals surface area contributed by atoms with Crippen LogP contribution < -0.4 is 0 Å². The Bertz CT molecular complexity index is 343. The van der Waals surface area contributed by atoms with Crippen molar-refractivity contribution >= 4 is 0 Å². The summed E-state index contributed by atoms with van der Waals surface area (Å²) in [6.45, 7) is 10.4. The summed E-state index contributed by atoms with van der Waals surface area (Å²) in [6.07, 6.45) is 8.53. The Kier molecular flexibility index (Phi) is 3.78. The second-order valence-electron chi connectivity index (χ2n) is 4.77. The maximum Gasteiger partial charge on any atom is 0.123 e. The molecule has 1 fully saturated rings. The van der Waals surface area contributed by atoms with E-state index in [1.807, 2.05) is 18.5 Å². The van der Waals surface area contributed by atoms with Gasteiger partial charge < -0.3 is 4.57 Å². The quantitative estimate of drug-likeness (QED) is 0.725. The fourth-order valence-corrected chi connectivity index (χ4v) is 2.43. The molecule has 16 heavy (non-hydrogen) atoms. The number of nitrogens with zero attached hydrogens (tertiary/aromatic N) is 3. The van der Waals surface area contributed by atoms with E-state index in [0.29, 0.717) is 0 Å². The van der Waals surface area contributed by atoms with Crippen molar-refractivity contribution in [3.63, 3.8) is 0 Å². The van der Waals surface area contributed by atoms with Crippen LogP contribution in [0.2, 0.25) is 0 Å². The molecule has 0 bridgehead atoms. The lowest BCUT2D eigenvalue weighted by Crippen LogP contribution is -2.34. The van der Waals surface area contributed by atoms with E-state index < -0.39 is 0 Å². The zero-order chi connectivity index (χ0) is 11.4. The van der Waals surface area contributed by atoms with Crippen LogP contribution >= 0.6 is 0 Å². The zero-order valence-electron chi connectivity index (χ0n) is 10.1. The average Bonchev–Trinajstić information content (AvgIpc) is 2.66. The highest BCUT2D eigenvalue weighted by Gasteiger charge is 2.17. The largest absolute Gasteiger partial charge is 0.330 e. The molecule has 1 unspecified atom stereocenters. The summed E-state index contributed by atoms with van der Waals surface area (Å²) in [7, 11) is 0. The van der Waals surface area contributed by atoms with Gasteiger partial charge in [0.05, 0.1) is 6.54 Å². The van der Waals surface area contributed by atoms with Crippen molar-refractivity contribution in [2.45, 2.75) is 32.9 Å². The number of likely N-dealkylation sites (tertiary alicyclic amines) is 1. The molecule has 1 atom stereocenters. The lowest BCUT2D eigenvalue weighted by atomic mass is 10.0. The molecule has 1 aliphatic rings. The number of aromatic nitrogens is 2. The molecular formula is C13H21N3. The van der Waals surface area contributed by atoms with E-state index in [1.54, 1.807) is 0 Å². The van der Waals surface area contributed by atoms with Gasteiger partial charge in [-0.3, -0.25) is 4.90 Å². The molecule has 1 aromatic heterocycles. The van der Waals surface area contributed by atoms with E-state index in [0.717, 1.165) is 24.8 Å². The molecule has 1 saturated heterocycles. The number of imidazole rings is 1. The van der Waals surface area contributed by atoms with Crippen molar-refractivity contribution in [3.8, 4) is 0 Å². The summed E-state index contributed by atoms with van der Waals surface area (Å²) in [5.41, 5.74) is 0. The first kappa shape index (κ1) is 11.4. The van der Waals surface area contributed by atoms with Crippen LogP contribution in [-0.4, -0.2) is 27.5 Å². The van der Waals surface area contributed by atoms with Gasteiger partial charge in [0.25, 0.3) is 0 Å². The third kappa shape index (κ3) is 2.73. The Morgan fingerprint density at radius 1 is 1.62 bits per heavy atom. The number of rotatable bonds is 4. The van der Waals surface area contributed by atoms with Gasteiger partial charge in [0.1, 0.15) is 5.82 Å². The summed E-state index contributed by atoms with van der Waals surface area (Å²) >= 11 is 0. The van der Waals surface area contributed by atoms with Crippen LogP contribution in [0, 0.1) is 5.92 Å². The Labute approximate surface area is 97.8 Å². The number of piperidine rings is 1. The number of hydrogen-bond acceptors (Lipinski definition) is 2. The van der Waals surface area contributed by atoms with E-state index >= 15 is 0 Å². The molecule has 2 rings (SSSR count). The topological polar surface area (TPSA) is 21.1 Å². The zero-order valence-corrected chi connectivity index (χ0v) is 10.1. The molecular weight excluding hydrogens is 198 g/mol. The Balaban J connectivity index is 1.96. The minimum absolute atomic E-state index is 0.830. The monoisotopic (exact) mass is 219 g/mol. The molecule has 0 aromatic carbocycles. The Hall–Kier alpha value is -1.09. The average molecular weight is 219 g/mol. The highest BCUT2D eigenvalue weighted by Crippen LogP contribution is 2.17. The second kappa shape index (κ2) is 5.30. The molecule has 0 radical (unpaired) electrons. The lowest BCUT2D eigenvalue weighted by molar-refractivity contribution is 0.171. The van der Waals surface area contributed by atoms with Crippen molar-refractivity contribution in [1.82, 2.24) is 14.5 Å². The molecule has 0 N–H and O–H groups in total. The second-order valence-corrected chi connectivity index (χ2v) is 4.77. The molecule has 0 spiro atoms. The van der Waals surface area contributed by atoms with Gasteiger partial charge in [-0.15, -0.1) is 6.58 Å². The molecule has 1 aliphatic heterocycles. The molecule has 0 aliphatic carbocycles. The van der Waals surface area contributed by atoms with Crippen molar-refractivity contribution in [2.24, 2.45) is 5.92 Å².